The predicted octanol–water partition coefficient (Wildman–Crippen LogP) is 1.89. The number of hydrogen-bond donors (Lipinski definition) is 3. The van der Waals surface area contributed by atoms with E-state index >= 15 is 0 Å². The molecule has 0 saturated heterocycles. The van der Waals surface area contributed by atoms with Crippen LogP contribution in [0.1, 0.15) is 29.6 Å². The third-order valence-corrected chi connectivity index (χ3v) is 4.19. The minimum atomic E-state index is -0.214. The summed E-state index contributed by atoms with van der Waals surface area (Å²) in [7, 11) is 0. The highest BCUT2D eigenvalue weighted by Crippen LogP contribution is 2.25. The number of nitrogens with one attached hydrogen (secondary N) is 1. The molecule has 2 rings (SSSR count). The standard InChI is InChI=1S/C13H16INO3/c14-11-4-2-9(6-12(11)17)13(18)15-7-8-1-3-10(16)5-8/h2,4,6,8,10,16-17H,1,3,5,7H2,(H,15,18). The van der Waals surface area contributed by atoms with Gasteiger partial charge in [0.15, 0.2) is 0 Å². The second-order valence-corrected chi connectivity index (χ2v) is 5.87. The monoisotopic (exact) mass is 361 g/mol. The van der Waals surface area contributed by atoms with Crippen LogP contribution in [-0.4, -0.2) is 28.8 Å². The van der Waals surface area contributed by atoms with Gasteiger partial charge in [0.2, 0.25) is 0 Å². The van der Waals surface area contributed by atoms with Crippen molar-refractivity contribution in [2.75, 3.05) is 6.54 Å². The number of halogens is 1. The van der Waals surface area contributed by atoms with Crippen molar-refractivity contribution in [3.8, 4) is 5.75 Å². The third kappa shape index (κ3) is 3.35. The average molecular weight is 361 g/mol. The molecule has 1 aliphatic carbocycles. The molecule has 1 aromatic carbocycles. The van der Waals surface area contributed by atoms with Gasteiger partial charge in [-0.2, -0.15) is 0 Å². The van der Waals surface area contributed by atoms with E-state index < -0.39 is 0 Å². The SMILES string of the molecule is O=C(NCC1CCC(O)C1)c1ccc(I)c(O)c1. The Balaban J connectivity index is 1.89. The summed E-state index contributed by atoms with van der Waals surface area (Å²) in [6, 6.07) is 4.88. The molecule has 1 aromatic rings. The number of carbonyl (C=O) groups is 1. The topological polar surface area (TPSA) is 69.6 Å². The molecule has 0 aliphatic heterocycles. The fourth-order valence-electron chi connectivity index (χ4n) is 2.23. The highest BCUT2D eigenvalue weighted by atomic mass is 127. The summed E-state index contributed by atoms with van der Waals surface area (Å²) in [5.74, 6) is 0.309. The van der Waals surface area contributed by atoms with Crippen LogP contribution in [-0.2, 0) is 0 Å². The van der Waals surface area contributed by atoms with Crippen molar-refractivity contribution in [2.45, 2.75) is 25.4 Å². The van der Waals surface area contributed by atoms with E-state index in [0.717, 1.165) is 22.8 Å². The Morgan fingerprint density at radius 2 is 2.22 bits per heavy atom. The second kappa shape index (κ2) is 5.88. The van der Waals surface area contributed by atoms with Gasteiger partial charge >= 0.3 is 0 Å². The van der Waals surface area contributed by atoms with Crippen molar-refractivity contribution < 1.29 is 15.0 Å². The molecule has 1 aliphatic rings. The molecule has 0 spiro atoms. The first-order valence-electron chi connectivity index (χ1n) is 6.01. The van der Waals surface area contributed by atoms with Gasteiger partial charge < -0.3 is 15.5 Å². The molecule has 0 aromatic heterocycles. The number of carbonyl (C=O) groups excluding carboxylic acids is 1. The lowest BCUT2D eigenvalue weighted by atomic mass is 10.1. The third-order valence-electron chi connectivity index (χ3n) is 3.27. The maximum absolute atomic E-state index is 11.9. The van der Waals surface area contributed by atoms with E-state index in [2.05, 4.69) is 5.32 Å². The maximum atomic E-state index is 11.9. The zero-order valence-electron chi connectivity index (χ0n) is 9.90. The van der Waals surface area contributed by atoms with Gasteiger partial charge in [-0.15, -0.1) is 0 Å². The number of hydrogen-bond acceptors (Lipinski definition) is 3. The van der Waals surface area contributed by atoms with Crippen molar-refractivity contribution in [1.82, 2.24) is 5.32 Å². The van der Waals surface area contributed by atoms with Crippen LogP contribution in [0, 0.1) is 9.49 Å². The lowest BCUT2D eigenvalue weighted by Gasteiger charge is -2.11. The average Bonchev–Trinajstić information content (AvgIpc) is 2.75. The zero-order valence-corrected chi connectivity index (χ0v) is 12.1. The first kappa shape index (κ1) is 13.6. The van der Waals surface area contributed by atoms with Gasteiger partial charge in [-0.25, -0.2) is 0 Å². The van der Waals surface area contributed by atoms with E-state index in [1.54, 1.807) is 12.1 Å². The molecule has 1 saturated carbocycles. The number of aliphatic hydroxyl groups is 1. The molecule has 0 bridgehead atoms. The normalized spacial score (nSPS) is 23.0. The molecular weight excluding hydrogens is 345 g/mol. The van der Waals surface area contributed by atoms with E-state index in [0.29, 0.717) is 18.0 Å². The Bertz CT molecular complexity index is 450. The van der Waals surface area contributed by atoms with Gasteiger partial charge in [0.1, 0.15) is 5.75 Å². The molecule has 1 fully saturated rings. The van der Waals surface area contributed by atoms with Crippen LogP contribution in [0.25, 0.3) is 0 Å². The Labute approximate surface area is 120 Å². The van der Waals surface area contributed by atoms with Gasteiger partial charge in [-0.05, 0) is 66.0 Å². The summed E-state index contributed by atoms with van der Waals surface area (Å²) in [5, 5.41) is 21.8. The molecule has 98 valence electrons. The lowest BCUT2D eigenvalue weighted by Crippen LogP contribution is -2.28. The Hall–Kier alpha value is -0.820. The first-order chi connectivity index (χ1) is 8.56. The van der Waals surface area contributed by atoms with E-state index in [9.17, 15) is 15.0 Å². The summed E-state index contributed by atoms with van der Waals surface area (Å²) in [4.78, 5) is 11.9. The van der Waals surface area contributed by atoms with Gasteiger partial charge in [-0.1, -0.05) is 0 Å². The number of phenols is 1. The molecule has 1 amide bonds. The number of rotatable bonds is 3. The Kier molecular flexibility index (Phi) is 4.45. The van der Waals surface area contributed by atoms with Crippen molar-refractivity contribution in [3.63, 3.8) is 0 Å². The largest absolute Gasteiger partial charge is 0.507 e. The van der Waals surface area contributed by atoms with Crippen LogP contribution >= 0.6 is 22.6 Å². The van der Waals surface area contributed by atoms with Gasteiger partial charge in [0.25, 0.3) is 5.91 Å². The van der Waals surface area contributed by atoms with Crippen molar-refractivity contribution in [1.29, 1.82) is 0 Å². The van der Waals surface area contributed by atoms with Crippen LogP contribution in [0.2, 0.25) is 0 Å². The van der Waals surface area contributed by atoms with E-state index in [-0.39, 0.29) is 17.8 Å². The summed E-state index contributed by atoms with van der Waals surface area (Å²) in [6.45, 7) is 0.586. The molecule has 3 N–H and O–H groups in total. The zero-order chi connectivity index (χ0) is 13.1. The Morgan fingerprint density at radius 3 is 2.83 bits per heavy atom. The minimum Gasteiger partial charge on any atom is -0.507 e. The Morgan fingerprint density at radius 1 is 1.44 bits per heavy atom. The quantitative estimate of drug-likeness (QED) is 0.721. The number of phenolic OH excluding ortho intramolecular Hbond substituents is 1. The molecule has 5 heteroatoms. The smallest absolute Gasteiger partial charge is 0.251 e. The summed E-state index contributed by atoms with van der Waals surface area (Å²) in [5.41, 5.74) is 0.464. The molecule has 2 unspecified atom stereocenters. The second-order valence-electron chi connectivity index (χ2n) is 4.71. The van der Waals surface area contributed by atoms with Crippen LogP contribution in [0.5, 0.6) is 5.75 Å². The summed E-state index contributed by atoms with van der Waals surface area (Å²) >= 11 is 2.01. The highest BCUT2D eigenvalue weighted by Gasteiger charge is 2.23. The van der Waals surface area contributed by atoms with Crippen LogP contribution in [0.15, 0.2) is 18.2 Å². The van der Waals surface area contributed by atoms with Crippen molar-refractivity contribution >= 4 is 28.5 Å². The van der Waals surface area contributed by atoms with Crippen LogP contribution < -0.4 is 5.32 Å². The first-order valence-corrected chi connectivity index (χ1v) is 7.09. The minimum absolute atomic E-state index is 0.125. The van der Waals surface area contributed by atoms with Gasteiger partial charge in [-0.3, -0.25) is 4.79 Å². The number of amides is 1. The lowest BCUT2D eigenvalue weighted by molar-refractivity contribution is 0.0944. The summed E-state index contributed by atoms with van der Waals surface area (Å²) < 4.78 is 0.725. The fraction of sp³-hybridized carbons (Fsp3) is 0.462. The van der Waals surface area contributed by atoms with E-state index in [1.807, 2.05) is 22.6 Å². The van der Waals surface area contributed by atoms with Gasteiger partial charge in [0, 0.05) is 12.1 Å². The van der Waals surface area contributed by atoms with E-state index in [1.165, 1.54) is 6.07 Å². The molecule has 4 nitrogen and oxygen atoms in total. The summed E-state index contributed by atoms with van der Waals surface area (Å²) in [6.07, 6.45) is 2.33. The van der Waals surface area contributed by atoms with Crippen LogP contribution in [0.3, 0.4) is 0 Å². The number of aromatic hydroxyl groups is 1. The van der Waals surface area contributed by atoms with Crippen molar-refractivity contribution in [2.24, 2.45) is 5.92 Å². The highest BCUT2D eigenvalue weighted by molar-refractivity contribution is 14.1. The fourth-order valence-corrected chi connectivity index (χ4v) is 2.56. The van der Waals surface area contributed by atoms with E-state index in [4.69, 9.17) is 0 Å². The maximum Gasteiger partial charge on any atom is 0.251 e. The van der Waals surface area contributed by atoms with Gasteiger partial charge in [0.05, 0.1) is 9.67 Å². The molecule has 18 heavy (non-hydrogen) atoms. The molecule has 0 radical (unpaired) electrons. The van der Waals surface area contributed by atoms with Crippen molar-refractivity contribution in [3.05, 3.63) is 27.3 Å². The van der Waals surface area contributed by atoms with Crippen LogP contribution in [0.4, 0.5) is 0 Å². The predicted molar refractivity (Wildman–Crippen MR) is 76.5 cm³/mol. The molecular formula is C13H16INO3. The number of aliphatic hydroxyl groups excluding tert-OH is 1. The molecule has 0 heterocycles. The number of benzene rings is 1. The molecule has 2 atom stereocenters.